The normalized spacial score (nSPS) is 17.4. The van der Waals surface area contributed by atoms with Crippen LogP contribution in [-0.4, -0.2) is 22.9 Å². The van der Waals surface area contributed by atoms with Gasteiger partial charge >= 0.3 is 0 Å². The van der Waals surface area contributed by atoms with Gasteiger partial charge in [0.15, 0.2) is 0 Å². The zero-order valence-corrected chi connectivity index (χ0v) is 9.60. The summed E-state index contributed by atoms with van der Waals surface area (Å²) in [5.41, 5.74) is 6.61. The second-order valence-corrected chi connectivity index (χ2v) is 4.47. The summed E-state index contributed by atoms with van der Waals surface area (Å²) in [7, 11) is 0. The van der Waals surface area contributed by atoms with Crippen LogP contribution in [0, 0.1) is 0 Å². The monoisotopic (exact) mass is 218 g/mol. The van der Waals surface area contributed by atoms with Crippen molar-refractivity contribution in [3.05, 3.63) is 35.9 Å². The van der Waals surface area contributed by atoms with E-state index in [0.717, 1.165) is 6.54 Å². The molecule has 1 amide bonds. The van der Waals surface area contributed by atoms with Crippen molar-refractivity contribution in [2.24, 2.45) is 5.73 Å². The van der Waals surface area contributed by atoms with Crippen LogP contribution in [0.5, 0.6) is 0 Å². The molecule has 1 unspecified atom stereocenters. The van der Waals surface area contributed by atoms with Crippen molar-refractivity contribution in [3.8, 4) is 0 Å². The fourth-order valence-corrected chi connectivity index (χ4v) is 1.95. The Morgan fingerprint density at radius 1 is 1.44 bits per heavy atom. The van der Waals surface area contributed by atoms with E-state index in [2.05, 4.69) is 17.0 Å². The summed E-state index contributed by atoms with van der Waals surface area (Å²) in [6.07, 6.45) is 2.37. The fourth-order valence-electron chi connectivity index (χ4n) is 1.95. The minimum absolute atomic E-state index is 0.173. The van der Waals surface area contributed by atoms with Gasteiger partial charge in [0.25, 0.3) is 0 Å². The van der Waals surface area contributed by atoms with Crippen LogP contribution in [0.1, 0.15) is 25.3 Å². The second kappa shape index (κ2) is 4.66. The van der Waals surface area contributed by atoms with Gasteiger partial charge in [0.05, 0.1) is 6.04 Å². The molecule has 1 aliphatic carbocycles. The topological polar surface area (TPSA) is 46.3 Å². The molecular formula is C13H18N2O. The van der Waals surface area contributed by atoms with Gasteiger partial charge in [-0.25, -0.2) is 0 Å². The van der Waals surface area contributed by atoms with Gasteiger partial charge in [0, 0.05) is 12.6 Å². The van der Waals surface area contributed by atoms with Crippen LogP contribution in [0.3, 0.4) is 0 Å². The van der Waals surface area contributed by atoms with E-state index in [-0.39, 0.29) is 11.9 Å². The second-order valence-electron chi connectivity index (χ2n) is 4.47. The summed E-state index contributed by atoms with van der Waals surface area (Å²) < 4.78 is 0. The van der Waals surface area contributed by atoms with Crippen molar-refractivity contribution >= 4 is 5.91 Å². The van der Waals surface area contributed by atoms with Crippen LogP contribution in [0.15, 0.2) is 30.3 Å². The first kappa shape index (κ1) is 11.1. The summed E-state index contributed by atoms with van der Waals surface area (Å²) >= 11 is 0. The number of benzene rings is 1. The first-order valence-corrected chi connectivity index (χ1v) is 5.77. The molecule has 2 rings (SSSR count). The molecular weight excluding hydrogens is 200 g/mol. The Balaban J connectivity index is 2.06. The number of carbonyl (C=O) groups is 1. The molecule has 0 aromatic heterocycles. The van der Waals surface area contributed by atoms with E-state index < -0.39 is 0 Å². The molecule has 0 aliphatic heterocycles. The zero-order chi connectivity index (χ0) is 11.5. The van der Waals surface area contributed by atoms with Gasteiger partial charge in [-0.3, -0.25) is 9.69 Å². The van der Waals surface area contributed by atoms with Crippen LogP contribution < -0.4 is 5.73 Å². The summed E-state index contributed by atoms with van der Waals surface area (Å²) in [5.74, 6) is -0.233. The van der Waals surface area contributed by atoms with E-state index in [4.69, 9.17) is 5.73 Å². The Morgan fingerprint density at radius 3 is 2.56 bits per heavy atom. The number of nitrogens with zero attached hydrogens (tertiary/aromatic N) is 1. The van der Waals surface area contributed by atoms with Crippen LogP contribution >= 0.6 is 0 Å². The van der Waals surface area contributed by atoms with Gasteiger partial charge in [-0.1, -0.05) is 30.3 Å². The number of rotatable bonds is 5. The lowest BCUT2D eigenvalue weighted by atomic mass is 10.1. The third-order valence-corrected chi connectivity index (χ3v) is 3.13. The highest BCUT2D eigenvalue weighted by atomic mass is 16.1. The Labute approximate surface area is 96.2 Å². The molecule has 0 heterocycles. The molecule has 1 aromatic rings. The quantitative estimate of drug-likeness (QED) is 0.814. The first-order valence-electron chi connectivity index (χ1n) is 5.77. The van der Waals surface area contributed by atoms with Crippen LogP contribution in [0.25, 0.3) is 0 Å². The number of hydrogen-bond donors (Lipinski definition) is 1. The third kappa shape index (κ3) is 2.61. The predicted molar refractivity (Wildman–Crippen MR) is 63.7 cm³/mol. The Hall–Kier alpha value is -1.35. The Bertz CT molecular complexity index is 359. The number of primary amides is 1. The fraction of sp³-hybridized carbons (Fsp3) is 0.462. The first-order chi connectivity index (χ1) is 7.68. The lowest BCUT2D eigenvalue weighted by Crippen LogP contribution is -2.43. The van der Waals surface area contributed by atoms with Crippen molar-refractivity contribution in [2.45, 2.75) is 38.4 Å². The average Bonchev–Trinajstić information content (AvgIpc) is 3.10. The molecule has 0 saturated heterocycles. The van der Waals surface area contributed by atoms with E-state index >= 15 is 0 Å². The molecule has 0 bridgehead atoms. The largest absolute Gasteiger partial charge is 0.368 e. The number of amides is 1. The molecule has 1 atom stereocenters. The SMILES string of the molecule is CC(C(N)=O)N(Cc1ccccc1)C1CC1. The van der Waals surface area contributed by atoms with Gasteiger partial charge in [-0.15, -0.1) is 0 Å². The van der Waals surface area contributed by atoms with Crippen LogP contribution in [-0.2, 0) is 11.3 Å². The predicted octanol–water partition coefficient (Wildman–Crippen LogP) is 1.52. The molecule has 1 aliphatic rings. The van der Waals surface area contributed by atoms with Crippen molar-refractivity contribution in [1.82, 2.24) is 4.90 Å². The summed E-state index contributed by atoms with van der Waals surface area (Å²) in [6, 6.07) is 10.6. The maximum Gasteiger partial charge on any atom is 0.234 e. The van der Waals surface area contributed by atoms with Gasteiger partial charge in [0.2, 0.25) is 5.91 Å². The summed E-state index contributed by atoms with van der Waals surface area (Å²) in [5, 5.41) is 0. The molecule has 2 N–H and O–H groups in total. The van der Waals surface area contributed by atoms with Crippen LogP contribution in [0.2, 0.25) is 0 Å². The van der Waals surface area contributed by atoms with E-state index in [9.17, 15) is 4.79 Å². The maximum atomic E-state index is 11.2. The van der Waals surface area contributed by atoms with Crippen molar-refractivity contribution < 1.29 is 4.79 Å². The van der Waals surface area contributed by atoms with E-state index in [0.29, 0.717) is 6.04 Å². The summed E-state index contributed by atoms with van der Waals surface area (Å²) in [4.78, 5) is 13.4. The lowest BCUT2D eigenvalue weighted by Gasteiger charge is -2.26. The number of nitrogens with two attached hydrogens (primary N) is 1. The molecule has 1 aromatic carbocycles. The van der Waals surface area contributed by atoms with Crippen molar-refractivity contribution in [1.29, 1.82) is 0 Å². The van der Waals surface area contributed by atoms with Crippen LogP contribution in [0.4, 0.5) is 0 Å². The zero-order valence-electron chi connectivity index (χ0n) is 9.60. The smallest absolute Gasteiger partial charge is 0.234 e. The minimum Gasteiger partial charge on any atom is -0.368 e. The third-order valence-electron chi connectivity index (χ3n) is 3.13. The van der Waals surface area contributed by atoms with Gasteiger partial charge < -0.3 is 5.73 Å². The molecule has 3 heteroatoms. The molecule has 1 fully saturated rings. The molecule has 0 radical (unpaired) electrons. The van der Waals surface area contributed by atoms with E-state index in [1.165, 1.54) is 18.4 Å². The number of hydrogen-bond acceptors (Lipinski definition) is 2. The highest BCUT2D eigenvalue weighted by Gasteiger charge is 2.33. The molecule has 0 spiro atoms. The standard InChI is InChI=1S/C13H18N2O/c1-10(13(14)16)15(12-7-8-12)9-11-5-3-2-4-6-11/h2-6,10,12H,7-9H2,1H3,(H2,14,16). The molecule has 3 nitrogen and oxygen atoms in total. The average molecular weight is 218 g/mol. The van der Waals surface area contributed by atoms with E-state index in [1.807, 2.05) is 25.1 Å². The highest BCUT2D eigenvalue weighted by Crippen LogP contribution is 2.30. The molecule has 1 saturated carbocycles. The van der Waals surface area contributed by atoms with Crippen molar-refractivity contribution in [2.75, 3.05) is 0 Å². The van der Waals surface area contributed by atoms with Gasteiger partial charge in [0.1, 0.15) is 0 Å². The van der Waals surface area contributed by atoms with E-state index in [1.54, 1.807) is 0 Å². The van der Waals surface area contributed by atoms with Gasteiger partial charge in [-0.05, 0) is 25.3 Å². The number of carbonyl (C=O) groups excluding carboxylic acids is 1. The van der Waals surface area contributed by atoms with Gasteiger partial charge in [-0.2, -0.15) is 0 Å². The molecule has 16 heavy (non-hydrogen) atoms. The lowest BCUT2D eigenvalue weighted by molar-refractivity contribution is -0.123. The minimum atomic E-state index is -0.233. The molecule has 86 valence electrons. The maximum absolute atomic E-state index is 11.2. The Kier molecular flexibility index (Phi) is 3.25. The Morgan fingerprint density at radius 2 is 2.06 bits per heavy atom. The highest BCUT2D eigenvalue weighted by molar-refractivity contribution is 5.79. The summed E-state index contributed by atoms with van der Waals surface area (Å²) in [6.45, 7) is 2.71. The van der Waals surface area contributed by atoms with Crippen molar-refractivity contribution in [3.63, 3.8) is 0 Å².